The zero-order chi connectivity index (χ0) is 19.5. The predicted molar refractivity (Wildman–Crippen MR) is 105 cm³/mol. The summed E-state index contributed by atoms with van der Waals surface area (Å²) in [5, 5.41) is 7.14. The van der Waals surface area contributed by atoms with Crippen molar-refractivity contribution in [2.75, 3.05) is 23.3 Å². The van der Waals surface area contributed by atoms with Crippen LogP contribution in [-0.4, -0.2) is 38.7 Å². The van der Waals surface area contributed by atoms with Crippen LogP contribution in [0.15, 0.2) is 42.7 Å². The van der Waals surface area contributed by atoms with E-state index in [4.69, 9.17) is 0 Å². The monoisotopic (exact) mass is 380 g/mol. The molecular weight excluding hydrogens is 359 g/mol. The molecule has 0 radical (unpaired) electrons. The van der Waals surface area contributed by atoms with Crippen molar-refractivity contribution in [3.63, 3.8) is 0 Å². The van der Waals surface area contributed by atoms with Crippen molar-refractivity contribution in [3.8, 4) is 11.3 Å². The fraction of sp³-hybridized carbons (Fsp3) is 0.300. The molecule has 1 amide bonds. The van der Waals surface area contributed by atoms with E-state index in [1.165, 1.54) is 23.2 Å². The fourth-order valence-electron chi connectivity index (χ4n) is 3.28. The van der Waals surface area contributed by atoms with Crippen LogP contribution in [0.5, 0.6) is 0 Å². The van der Waals surface area contributed by atoms with Gasteiger partial charge in [-0.25, -0.2) is 14.4 Å². The highest BCUT2D eigenvalue weighted by molar-refractivity contribution is 6.03. The maximum absolute atomic E-state index is 13.1. The number of hydrogen-bond donors (Lipinski definition) is 1. The zero-order valence-corrected chi connectivity index (χ0v) is 15.6. The first-order valence-corrected chi connectivity index (χ1v) is 9.28. The van der Waals surface area contributed by atoms with Crippen molar-refractivity contribution < 1.29 is 9.18 Å². The number of nitrogens with one attached hydrogen (secondary N) is 1. The molecule has 1 saturated heterocycles. The Morgan fingerprint density at radius 3 is 2.43 bits per heavy atom. The Balaban J connectivity index is 1.47. The van der Waals surface area contributed by atoms with Crippen LogP contribution < -0.4 is 10.2 Å². The quantitative estimate of drug-likeness (QED) is 0.752. The number of carbonyl (C=O) groups excluding carboxylic acids is 1. The number of nitrogens with zero attached hydrogens (tertiary/aromatic N) is 5. The van der Waals surface area contributed by atoms with Crippen LogP contribution in [0.2, 0.25) is 0 Å². The molecule has 0 spiro atoms. The molecule has 1 aliphatic rings. The van der Waals surface area contributed by atoms with Crippen LogP contribution in [0.1, 0.15) is 29.8 Å². The summed E-state index contributed by atoms with van der Waals surface area (Å²) in [5.74, 6) is 0.0696. The number of hydrogen-bond acceptors (Lipinski definition) is 5. The SMILES string of the molecule is Cn1nc(-c2ccc(F)cc2)cc1C(=O)Nc1cnc(N2CCCCC2)nc1. The first-order chi connectivity index (χ1) is 13.6. The summed E-state index contributed by atoms with van der Waals surface area (Å²) >= 11 is 0. The number of benzene rings is 1. The second-order valence-corrected chi connectivity index (χ2v) is 6.82. The van der Waals surface area contributed by atoms with Crippen molar-refractivity contribution in [1.29, 1.82) is 0 Å². The normalized spacial score (nSPS) is 14.1. The average Bonchev–Trinajstić information content (AvgIpc) is 3.11. The number of rotatable bonds is 4. The van der Waals surface area contributed by atoms with E-state index >= 15 is 0 Å². The summed E-state index contributed by atoms with van der Waals surface area (Å²) in [4.78, 5) is 23.5. The predicted octanol–water partition coefficient (Wildman–Crippen LogP) is 3.26. The number of aryl methyl sites for hydroxylation is 1. The van der Waals surface area contributed by atoms with Gasteiger partial charge in [-0.3, -0.25) is 9.48 Å². The summed E-state index contributed by atoms with van der Waals surface area (Å²) < 4.78 is 14.6. The van der Waals surface area contributed by atoms with Crippen molar-refractivity contribution in [3.05, 3.63) is 54.2 Å². The van der Waals surface area contributed by atoms with E-state index in [9.17, 15) is 9.18 Å². The molecule has 1 fully saturated rings. The summed E-state index contributed by atoms with van der Waals surface area (Å²) in [6.07, 6.45) is 6.78. The number of anilines is 2. The van der Waals surface area contributed by atoms with Crippen LogP contribution in [0.4, 0.5) is 16.0 Å². The summed E-state index contributed by atoms with van der Waals surface area (Å²) in [6.45, 7) is 1.93. The molecule has 7 nitrogen and oxygen atoms in total. The number of carbonyl (C=O) groups is 1. The lowest BCUT2D eigenvalue weighted by atomic mass is 10.1. The lowest BCUT2D eigenvalue weighted by Crippen LogP contribution is -2.30. The van der Waals surface area contributed by atoms with Crippen LogP contribution in [0.25, 0.3) is 11.3 Å². The highest BCUT2D eigenvalue weighted by Crippen LogP contribution is 2.20. The minimum Gasteiger partial charge on any atom is -0.341 e. The van der Waals surface area contributed by atoms with Crippen LogP contribution >= 0.6 is 0 Å². The second kappa shape index (κ2) is 7.75. The van der Waals surface area contributed by atoms with Gasteiger partial charge < -0.3 is 10.2 Å². The number of piperidine rings is 1. The Bertz CT molecular complexity index is 961. The molecule has 0 aliphatic carbocycles. The number of amides is 1. The molecule has 0 saturated carbocycles. The molecule has 0 unspecified atom stereocenters. The van der Waals surface area contributed by atoms with Gasteiger partial charge in [0.2, 0.25) is 5.95 Å². The van der Waals surface area contributed by atoms with Gasteiger partial charge in [-0.05, 0) is 49.6 Å². The smallest absolute Gasteiger partial charge is 0.274 e. The molecule has 1 aliphatic heterocycles. The maximum Gasteiger partial charge on any atom is 0.274 e. The summed E-state index contributed by atoms with van der Waals surface area (Å²) in [6, 6.07) is 7.67. The molecule has 0 bridgehead atoms. The largest absolute Gasteiger partial charge is 0.341 e. The molecule has 8 heteroatoms. The zero-order valence-electron chi connectivity index (χ0n) is 15.6. The third-order valence-corrected chi connectivity index (χ3v) is 4.79. The Morgan fingerprint density at radius 2 is 1.75 bits per heavy atom. The highest BCUT2D eigenvalue weighted by atomic mass is 19.1. The topological polar surface area (TPSA) is 75.9 Å². The maximum atomic E-state index is 13.1. The van der Waals surface area contributed by atoms with Crippen molar-refractivity contribution >= 4 is 17.5 Å². The summed E-state index contributed by atoms with van der Waals surface area (Å²) in [5.41, 5.74) is 2.25. The van der Waals surface area contributed by atoms with Gasteiger partial charge >= 0.3 is 0 Å². The van der Waals surface area contributed by atoms with Gasteiger partial charge in [0.25, 0.3) is 5.91 Å². The van der Waals surface area contributed by atoms with Gasteiger partial charge in [-0.2, -0.15) is 5.10 Å². The standard InChI is InChI=1S/C20H21FN6O/c1-26-18(11-17(25-26)14-5-7-15(21)8-6-14)19(28)24-16-12-22-20(23-13-16)27-9-3-2-4-10-27/h5-8,11-13H,2-4,9-10H2,1H3,(H,24,28). The lowest BCUT2D eigenvalue weighted by Gasteiger charge is -2.26. The van der Waals surface area contributed by atoms with Crippen LogP contribution in [0, 0.1) is 5.82 Å². The molecule has 4 rings (SSSR count). The Morgan fingerprint density at radius 1 is 1.07 bits per heavy atom. The fourth-order valence-corrected chi connectivity index (χ4v) is 3.28. The van der Waals surface area contributed by atoms with Gasteiger partial charge in [0.15, 0.2) is 0 Å². The highest BCUT2D eigenvalue weighted by Gasteiger charge is 2.16. The molecule has 2 aromatic heterocycles. The van der Waals surface area contributed by atoms with E-state index in [2.05, 4.69) is 25.3 Å². The van der Waals surface area contributed by atoms with Crippen molar-refractivity contribution in [1.82, 2.24) is 19.7 Å². The van der Waals surface area contributed by atoms with E-state index in [1.54, 1.807) is 37.6 Å². The third kappa shape index (κ3) is 3.85. The van der Waals surface area contributed by atoms with E-state index in [0.29, 0.717) is 23.0 Å². The Hall–Kier alpha value is -3.29. The first kappa shape index (κ1) is 18.1. The van der Waals surface area contributed by atoms with Crippen molar-refractivity contribution in [2.24, 2.45) is 7.05 Å². The lowest BCUT2D eigenvalue weighted by molar-refractivity contribution is 0.101. The first-order valence-electron chi connectivity index (χ1n) is 9.28. The van der Waals surface area contributed by atoms with E-state index in [0.717, 1.165) is 31.5 Å². The van der Waals surface area contributed by atoms with E-state index < -0.39 is 0 Å². The van der Waals surface area contributed by atoms with E-state index in [-0.39, 0.29) is 11.7 Å². The van der Waals surface area contributed by atoms with Crippen LogP contribution in [-0.2, 0) is 7.05 Å². The van der Waals surface area contributed by atoms with Gasteiger partial charge in [-0.1, -0.05) is 0 Å². The van der Waals surface area contributed by atoms with Gasteiger partial charge in [0.1, 0.15) is 11.5 Å². The van der Waals surface area contributed by atoms with E-state index in [1.807, 2.05) is 0 Å². The Labute approximate surface area is 162 Å². The van der Waals surface area contributed by atoms with Crippen molar-refractivity contribution in [2.45, 2.75) is 19.3 Å². The second-order valence-electron chi connectivity index (χ2n) is 6.82. The number of aromatic nitrogens is 4. The minimum atomic E-state index is -0.314. The molecule has 28 heavy (non-hydrogen) atoms. The average molecular weight is 380 g/mol. The molecule has 144 valence electrons. The molecule has 1 aromatic carbocycles. The molecule has 3 aromatic rings. The van der Waals surface area contributed by atoms with Gasteiger partial charge in [0, 0.05) is 25.7 Å². The summed E-state index contributed by atoms with van der Waals surface area (Å²) in [7, 11) is 1.69. The minimum absolute atomic E-state index is 0.308. The van der Waals surface area contributed by atoms with Gasteiger partial charge in [0.05, 0.1) is 23.8 Å². The molecule has 1 N–H and O–H groups in total. The van der Waals surface area contributed by atoms with Crippen LogP contribution in [0.3, 0.4) is 0 Å². The van der Waals surface area contributed by atoms with Gasteiger partial charge in [-0.15, -0.1) is 0 Å². The molecule has 3 heterocycles. The molecule has 0 atom stereocenters. The Kier molecular flexibility index (Phi) is 5.01. The third-order valence-electron chi connectivity index (χ3n) is 4.79. The number of halogens is 1. The molecular formula is C20H21FN6O.